The van der Waals surface area contributed by atoms with Crippen LogP contribution in [0.3, 0.4) is 0 Å². The van der Waals surface area contributed by atoms with Crippen LogP contribution in [0.2, 0.25) is 0 Å². The molecule has 0 saturated carbocycles. The minimum Gasteiger partial charge on any atom is -0.508 e. The highest BCUT2D eigenvalue weighted by Crippen LogP contribution is 2.29. The maximum absolute atomic E-state index is 9.49. The second-order valence-electron chi connectivity index (χ2n) is 6.71. The van der Waals surface area contributed by atoms with Crippen LogP contribution in [0.25, 0.3) is 0 Å². The molecule has 117 valence electrons. The number of nitrogens with one attached hydrogen (secondary N) is 1. The average molecular weight is 296 g/mol. The molecule has 0 fully saturated rings. The second kappa shape index (κ2) is 7.46. The molecule has 2 aromatic carbocycles. The first-order chi connectivity index (χ1) is 10.5. The number of rotatable bonds is 6. The molecule has 22 heavy (non-hydrogen) atoms. The molecule has 0 aliphatic carbocycles. The van der Waals surface area contributed by atoms with Crippen LogP contribution < -0.4 is 5.32 Å². The summed E-state index contributed by atoms with van der Waals surface area (Å²) in [4.78, 5) is 0. The van der Waals surface area contributed by atoms with Gasteiger partial charge in [0.15, 0.2) is 0 Å². The van der Waals surface area contributed by atoms with Crippen molar-refractivity contribution in [2.24, 2.45) is 0 Å². The van der Waals surface area contributed by atoms with Gasteiger partial charge in [-0.2, -0.15) is 0 Å². The van der Waals surface area contributed by atoms with Gasteiger partial charge in [0.1, 0.15) is 5.75 Å². The van der Waals surface area contributed by atoms with E-state index < -0.39 is 0 Å². The maximum Gasteiger partial charge on any atom is 0.115 e. The van der Waals surface area contributed by atoms with Gasteiger partial charge in [-0.15, -0.1) is 0 Å². The van der Waals surface area contributed by atoms with Crippen LogP contribution in [-0.4, -0.2) is 17.2 Å². The fraction of sp³-hybridized carbons (Fsp3) is 0.350. The number of hydrogen-bond acceptors (Lipinski definition) is 2. The molecule has 2 nitrogen and oxygen atoms in total. The third-order valence-electron chi connectivity index (χ3n) is 3.68. The van der Waals surface area contributed by atoms with Crippen molar-refractivity contribution in [1.29, 1.82) is 0 Å². The first-order valence-electron chi connectivity index (χ1n) is 7.86. The Hall–Kier alpha value is -1.80. The summed E-state index contributed by atoms with van der Waals surface area (Å²) in [5, 5.41) is 13.0. The van der Waals surface area contributed by atoms with E-state index in [4.69, 9.17) is 0 Å². The van der Waals surface area contributed by atoms with Crippen LogP contribution in [0.1, 0.15) is 44.2 Å². The summed E-state index contributed by atoms with van der Waals surface area (Å²) in [7, 11) is 0. The van der Waals surface area contributed by atoms with E-state index in [1.807, 2.05) is 18.2 Å². The molecule has 0 heterocycles. The summed E-state index contributed by atoms with van der Waals surface area (Å²) in [6, 6.07) is 18.1. The summed E-state index contributed by atoms with van der Waals surface area (Å²) in [6.45, 7) is 7.42. The van der Waals surface area contributed by atoms with Crippen molar-refractivity contribution in [3.8, 4) is 5.75 Å². The normalized spacial score (nSPS) is 13.0. The molecular formula is C20H26NO. The van der Waals surface area contributed by atoms with Gasteiger partial charge in [0.25, 0.3) is 0 Å². The van der Waals surface area contributed by atoms with Crippen LogP contribution in [0, 0.1) is 6.42 Å². The zero-order valence-corrected chi connectivity index (χ0v) is 13.7. The van der Waals surface area contributed by atoms with Gasteiger partial charge in [-0.25, -0.2) is 0 Å². The topological polar surface area (TPSA) is 32.3 Å². The Morgan fingerprint density at radius 2 is 1.55 bits per heavy atom. The van der Waals surface area contributed by atoms with Crippen LogP contribution in [0.4, 0.5) is 0 Å². The second-order valence-corrected chi connectivity index (χ2v) is 6.71. The van der Waals surface area contributed by atoms with Crippen LogP contribution >= 0.6 is 0 Å². The van der Waals surface area contributed by atoms with Crippen LogP contribution in [-0.2, 0) is 0 Å². The van der Waals surface area contributed by atoms with Crippen molar-refractivity contribution in [2.45, 2.75) is 38.6 Å². The zero-order valence-electron chi connectivity index (χ0n) is 13.7. The molecule has 0 unspecified atom stereocenters. The van der Waals surface area contributed by atoms with Gasteiger partial charge in [-0.1, -0.05) is 42.5 Å². The Kier molecular flexibility index (Phi) is 5.62. The molecule has 0 bridgehead atoms. The molecule has 2 N–H and O–H groups in total. The molecule has 2 aromatic rings. The molecule has 2 rings (SSSR count). The molecule has 1 radical (unpaired) electrons. The van der Waals surface area contributed by atoms with E-state index in [2.05, 4.69) is 56.8 Å². The van der Waals surface area contributed by atoms with E-state index in [0.717, 1.165) is 13.0 Å². The highest BCUT2D eigenvalue weighted by atomic mass is 16.3. The third kappa shape index (κ3) is 5.19. The first-order valence-corrected chi connectivity index (χ1v) is 7.86. The fourth-order valence-corrected chi connectivity index (χ4v) is 2.48. The minimum absolute atomic E-state index is 0.136. The predicted molar refractivity (Wildman–Crippen MR) is 93.1 cm³/mol. The summed E-state index contributed by atoms with van der Waals surface area (Å²) in [5.41, 5.74) is 2.67. The number of hydrogen-bond donors (Lipinski definition) is 2. The largest absolute Gasteiger partial charge is 0.508 e. The molecule has 0 aliphatic rings. The monoisotopic (exact) mass is 296 g/mol. The Morgan fingerprint density at radius 1 is 0.955 bits per heavy atom. The molecule has 0 amide bonds. The average Bonchev–Trinajstić information content (AvgIpc) is 2.48. The van der Waals surface area contributed by atoms with E-state index in [-0.39, 0.29) is 5.54 Å². The van der Waals surface area contributed by atoms with Crippen molar-refractivity contribution < 1.29 is 5.11 Å². The summed E-state index contributed by atoms with van der Waals surface area (Å²) < 4.78 is 0. The fourth-order valence-electron chi connectivity index (χ4n) is 2.48. The van der Waals surface area contributed by atoms with Crippen molar-refractivity contribution in [3.05, 3.63) is 72.1 Å². The Bertz CT molecular complexity index is 555. The molecule has 2 heteroatoms. The Balaban J connectivity index is 2.07. The van der Waals surface area contributed by atoms with Crippen LogP contribution in [0.15, 0.2) is 54.6 Å². The SMILES string of the molecule is CC(C)(C)NC[CH]C[C@H](c1ccccc1)c1ccc(O)cc1. The number of phenolic OH excluding ortho intramolecular Hbond substituents is 1. The molecule has 1 atom stereocenters. The number of benzene rings is 2. The van der Waals surface area contributed by atoms with E-state index in [9.17, 15) is 5.11 Å². The number of aromatic hydroxyl groups is 1. The van der Waals surface area contributed by atoms with Crippen molar-refractivity contribution in [2.75, 3.05) is 6.54 Å². The quantitative estimate of drug-likeness (QED) is 0.769. The van der Waals surface area contributed by atoms with Gasteiger partial charge in [-0.05, 0) is 63.4 Å². The van der Waals surface area contributed by atoms with Gasteiger partial charge in [0.05, 0.1) is 0 Å². The lowest BCUT2D eigenvalue weighted by Gasteiger charge is -2.22. The van der Waals surface area contributed by atoms with Gasteiger partial charge >= 0.3 is 0 Å². The Labute approximate surface area is 134 Å². The summed E-state index contributed by atoms with van der Waals surface area (Å²) >= 11 is 0. The number of phenols is 1. The predicted octanol–water partition coefficient (Wildman–Crippen LogP) is 4.51. The summed E-state index contributed by atoms with van der Waals surface area (Å²) in [6.07, 6.45) is 3.27. The lowest BCUT2D eigenvalue weighted by atomic mass is 9.87. The maximum atomic E-state index is 9.49. The minimum atomic E-state index is 0.136. The van der Waals surface area contributed by atoms with Gasteiger partial charge < -0.3 is 10.4 Å². The third-order valence-corrected chi connectivity index (χ3v) is 3.68. The molecular weight excluding hydrogens is 270 g/mol. The molecule has 0 saturated heterocycles. The van der Waals surface area contributed by atoms with Crippen molar-refractivity contribution >= 4 is 0 Å². The smallest absolute Gasteiger partial charge is 0.115 e. The Morgan fingerprint density at radius 3 is 2.14 bits per heavy atom. The van der Waals surface area contributed by atoms with Gasteiger partial charge in [-0.3, -0.25) is 0 Å². The van der Waals surface area contributed by atoms with E-state index in [1.54, 1.807) is 12.1 Å². The van der Waals surface area contributed by atoms with Crippen molar-refractivity contribution in [1.82, 2.24) is 5.32 Å². The van der Waals surface area contributed by atoms with Crippen molar-refractivity contribution in [3.63, 3.8) is 0 Å². The molecule has 0 aliphatic heterocycles. The van der Waals surface area contributed by atoms with E-state index >= 15 is 0 Å². The standard InChI is InChI=1S/C20H26NO/c1-20(2,3)21-15-7-10-19(16-8-5-4-6-9-16)17-11-13-18(22)14-12-17/h4-9,11-14,19,21-22H,10,15H2,1-3H3/t19-/m1/s1. The lowest BCUT2D eigenvalue weighted by molar-refractivity contribution is 0.439. The first kappa shape index (κ1) is 16.6. The highest BCUT2D eigenvalue weighted by Gasteiger charge is 2.15. The van der Waals surface area contributed by atoms with Gasteiger partial charge in [0.2, 0.25) is 0 Å². The zero-order chi connectivity index (χ0) is 16.0. The summed E-state index contributed by atoms with van der Waals surface area (Å²) in [5.74, 6) is 0.637. The van der Waals surface area contributed by atoms with Gasteiger partial charge in [0, 0.05) is 11.5 Å². The van der Waals surface area contributed by atoms with E-state index in [0.29, 0.717) is 11.7 Å². The lowest BCUT2D eigenvalue weighted by Crippen LogP contribution is -2.36. The molecule has 0 spiro atoms. The van der Waals surface area contributed by atoms with Crippen LogP contribution in [0.5, 0.6) is 5.75 Å². The molecule has 0 aromatic heterocycles. The van der Waals surface area contributed by atoms with E-state index in [1.165, 1.54) is 11.1 Å². The highest BCUT2D eigenvalue weighted by molar-refractivity contribution is 5.35.